The Hall–Kier alpha value is -6.46. The van der Waals surface area contributed by atoms with E-state index in [-0.39, 0.29) is 11.6 Å². The number of rotatable bonds is 3. The Morgan fingerprint density at radius 2 is 1.37 bits per heavy atom. The molecule has 0 saturated carbocycles. The lowest BCUT2D eigenvalue weighted by Crippen LogP contribution is -2.30. The molecule has 0 saturated heterocycles. The summed E-state index contributed by atoms with van der Waals surface area (Å²) in [6.45, 7) is 4.65. The van der Waals surface area contributed by atoms with Gasteiger partial charge in [-0.25, -0.2) is 4.99 Å². The van der Waals surface area contributed by atoms with Crippen molar-refractivity contribution in [1.29, 1.82) is 0 Å². The SMILES string of the molecule is CC1(C)c2ccccc2-c2ccc(-c3ccc4c5c(oc4c3)NC(n3c4ccccc4c4cc6ccccc6cc43)C(c3ccccn3)=N5)cc21. The molecule has 1 unspecified atom stereocenters. The third-order valence-corrected chi connectivity index (χ3v) is 11.1. The molecule has 3 aromatic heterocycles. The van der Waals surface area contributed by atoms with Crippen molar-refractivity contribution in [2.24, 2.45) is 4.99 Å². The molecule has 0 radical (unpaired) electrons. The standard InChI is InChI=1S/C46H32N4O/c1-46(2)36-15-7-5-13-31(36)32-20-18-29(24-37(32)46)30-19-21-34-41(26-30)51-45-42(34)48-43(38-16-9-10-22-47-38)44(49-45)50-39-17-8-6-14-33(39)35-23-27-11-3-4-12-28(27)25-40(35)50/h3-26,44,49H,1-2H3. The van der Waals surface area contributed by atoms with Gasteiger partial charge < -0.3 is 14.3 Å². The Balaban J connectivity index is 1.08. The highest BCUT2D eigenvalue weighted by Gasteiger charge is 2.36. The first-order valence-electron chi connectivity index (χ1n) is 17.5. The monoisotopic (exact) mass is 656 g/mol. The Bertz CT molecular complexity index is 2930. The van der Waals surface area contributed by atoms with Crippen LogP contribution in [0.25, 0.3) is 65.8 Å². The van der Waals surface area contributed by atoms with Crippen LogP contribution in [0.4, 0.5) is 11.6 Å². The van der Waals surface area contributed by atoms with Gasteiger partial charge in [-0.2, -0.15) is 0 Å². The summed E-state index contributed by atoms with van der Waals surface area (Å²) in [6.07, 6.45) is 1.47. The fourth-order valence-corrected chi connectivity index (χ4v) is 8.59. The van der Waals surface area contributed by atoms with Crippen LogP contribution in [-0.2, 0) is 5.41 Å². The lowest BCUT2D eigenvalue weighted by atomic mass is 9.81. The number of anilines is 1. The van der Waals surface area contributed by atoms with Gasteiger partial charge in [0.15, 0.2) is 6.17 Å². The summed E-state index contributed by atoms with van der Waals surface area (Å²) in [7, 11) is 0. The van der Waals surface area contributed by atoms with E-state index in [1.54, 1.807) is 0 Å². The third kappa shape index (κ3) is 4.03. The molecule has 1 atom stereocenters. The molecule has 51 heavy (non-hydrogen) atoms. The number of aliphatic imine (C=N–C) groups is 1. The van der Waals surface area contributed by atoms with Crippen LogP contribution in [0.3, 0.4) is 0 Å². The number of pyridine rings is 1. The molecule has 4 heterocycles. The van der Waals surface area contributed by atoms with Crippen molar-refractivity contribution in [2.45, 2.75) is 25.4 Å². The lowest BCUT2D eigenvalue weighted by molar-refractivity contribution is 0.604. The van der Waals surface area contributed by atoms with E-state index < -0.39 is 0 Å². The summed E-state index contributed by atoms with van der Waals surface area (Å²) >= 11 is 0. The molecule has 5 heteroatoms. The van der Waals surface area contributed by atoms with Crippen LogP contribution in [0.2, 0.25) is 0 Å². The van der Waals surface area contributed by atoms with Gasteiger partial charge >= 0.3 is 0 Å². The average Bonchev–Trinajstić information content (AvgIpc) is 3.77. The van der Waals surface area contributed by atoms with Gasteiger partial charge in [-0.3, -0.25) is 4.98 Å². The molecule has 6 aromatic carbocycles. The second-order valence-electron chi connectivity index (χ2n) is 14.3. The molecule has 242 valence electrons. The van der Waals surface area contributed by atoms with Crippen LogP contribution in [0.15, 0.2) is 155 Å². The van der Waals surface area contributed by atoms with E-state index in [2.05, 4.69) is 145 Å². The minimum atomic E-state index is -0.364. The van der Waals surface area contributed by atoms with Gasteiger partial charge in [0.2, 0.25) is 5.88 Å². The highest BCUT2D eigenvalue weighted by molar-refractivity contribution is 6.16. The number of hydrogen-bond donors (Lipinski definition) is 1. The van der Waals surface area contributed by atoms with Gasteiger partial charge in [0.1, 0.15) is 17.0 Å². The zero-order valence-electron chi connectivity index (χ0n) is 28.2. The van der Waals surface area contributed by atoms with Gasteiger partial charge in [0.25, 0.3) is 0 Å². The first kappa shape index (κ1) is 28.4. The molecule has 0 bridgehead atoms. The smallest absolute Gasteiger partial charge is 0.222 e. The van der Waals surface area contributed by atoms with Gasteiger partial charge in [0, 0.05) is 27.8 Å². The molecule has 0 amide bonds. The van der Waals surface area contributed by atoms with Crippen molar-refractivity contribution < 1.29 is 4.42 Å². The van der Waals surface area contributed by atoms with Gasteiger partial charge in [-0.05, 0) is 92.7 Å². The summed E-state index contributed by atoms with van der Waals surface area (Å²) in [6, 6.07) is 49.9. The van der Waals surface area contributed by atoms with Crippen molar-refractivity contribution in [3.05, 3.63) is 163 Å². The number of para-hydroxylation sites is 1. The number of fused-ring (bicyclic) bond motifs is 10. The Morgan fingerprint density at radius 1 is 0.627 bits per heavy atom. The van der Waals surface area contributed by atoms with Crippen LogP contribution < -0.4 is 5.32 Å². The predicted octanol–water partition coefficient (Wildman–Crippen LogP) is 11.8. The number of nitrogens with zero attached hydrogens (tertiary/aromatic N) is 3. The largest absolute Gasteiger partial charge is 0.438 e. The highest BCUT2D eigenvalue weighted by Crippen LogP contribution is 2.50. The molecule has 1 aliphatic carbocycles. The van der Waals surface area contributed by atoms with Crippen molar-refractivity contribution in [3.8, 4) is 22.3 Å². The summed E-state index contributed by atoms with van der Waals surface area (Å²) in [4.78, 5) is 10.2. The fourth-order valence-electron chi connectivity index (χ4n) is 8.59. The molecular weight excluding hydrogens is 625 g/mol. The quantitative estimate of drug-likeness (QED) is 0.206. The van der Waals surface area contributed by atoms with Crippen LogP contribution in [0, 0.1) is 0 Å². The molecule has 9 aromatic rings. The van der Waals surface area contributed by atoms with Crippen molar-refractivity contribution >= 4 is 60.8 Å². The zero-order chi connectivity index (χ0) is 33.8. The Kier molecular flexibility index (Phi) is 5.72. The molecule has 1 aliphatic heterocycles. The summed E-state index contributed by atoms with van der Waals surface area (Å²) in [5.41, 5.74) is 13.1. The van der Waals surface area contributed by atoms with Crippen molar-refractivity contribution in [2.75, 3.05) is 5.32 Å². The maximum Gasteiger partial charge on any atom is 0.222 e. The maximum absolute atomic E-state index is 6.69. The number of hydrogen-bond acceptors (Lipinski definition) is 4. The predicted molar refractivity (Wildman–Crippen MR) is 209 cm³/mol. The molecule has 11 rings (SSSR count). The maximum atomic E-state index is 6.69. The topological polar surface area (TPSA) is 55.4 Å². The number of furan rings is 1. The van der Waals surface area contributed by atoms with E-state index >= 15 is 0 Å². The normalized spacial score (nSPS) is 15.9. The van der Waals surface area contributed by atoms with E-state index in [1.807, 2.05) is 24.4 Å². The summed E-state index contributed by atoms with van der Waals surface area (Å²) in [5, 5.41) is 9.58. The van der Waals surface area contributed by atoms with Gasteiger partial charge in [-0.1, -0.05) is 105 Å². The van der Waals surface area contributed by atoms with E-state index in [1.165, 1.54) is 49.4 Å². The molecule has 2 aliphatic rings. The van der Waals surface area contributed by atoms with E-state index in [4.69, 9.17) is 14.4 Å². The number of nitrogens with one attached hydrogen (secondary N) is 1. The second-order valence-corrected chi connectivity index (χ2v) is 14.3. The first-order chi connectivity index (χ1) is 25.0. The van der Waals surface area contributed by atoms with Crippen molar-refractivity contribution in [3.63, 3.8) is 0 Å². The van der Waals surface area contributed by atoms with E-state index in [0.717, 1.165) is 44.7 Å². The number of aromatic nitrogens is 2. The first-order valence-corrected chi connectivity index (χ1v) is 17.5. The van der Waals surface area contributed by atoms with Gasteiger partial charge in [-0.15, -0.1) is 0 Å². The average molecular weight is 657 g/mol. The molecule has 0 fully saturated rings. The second kappa shape index (κ2) is 10.3. The fraction of sp³-hybridized carbons (Fsp3) is 0.0870. The van der Waals surface area contributed by atoms with Gasteiger partial charge in [0.05, 0.1) is 16.7 Å². The van der Waals surface area contributed by atoms with Crippen LogP contribution in [-0.4, -0.2) is 15.3 Å². The van der Waals surface area contributed by atoms with Crippen molar-refractivity contribution in [1.82, 2.24) is 9.55 Å². The van der Waals surface area contributed by atoms with Crippen LogP contribution >= 0.6 is 0 Å². The number of benzene rings is 6. The summed E-state index contributed by atoms with van der Waals surface area (Å²) in [5.74, 6) is 0.657. The van der Waals surface area contributed by atoms with E-state index in [0.29, 0.717) is 5.88 Å². The molecule has 5 nitrogen and oxygen atoms in total. The lowest BCUT2D eigenvalue weighted by Gasteiger charge is -2.27. The minimum Gasteiger partial charge on any atom is -0.438 e. The van der Waals surface area contributed by atoms with E-state index in [9.17, 15) is 0 Å². The Labute approximate surface area is 294 Å². The Morgan fingerprint density at radius 3 is 2.25 bits per heavy atom. The molecular formula is C46H32N4O. The zero-order valence-corrected chi connectivity index (χ0v) is 28.2. The highest BCUT2D eigenvalue weighted by atomic mass is 16.4. The van der Waals surface area contributed by atoms with Crippen LogP contribution in [0.1, 0.15) is 36.8 Å². The molecule has 0 spiro atoms. The van der Waals surface area contributed by atoms with Crippen LogP contribution in [0.5, 0.6) is 0 Å². The molecule has 1 N–H and O–H groups in total. The minimum absolute atomic E-state index is 0.0650. The summed E-state index contributed by atoms with van der Waals surface area (Å²) < 4.78 is 9.05. The third-order valence-electron chi connectivity index (χ3n) is 11.1.